The summed E-state index contributed by atoms with van der Waals surface area (Å²) >= 11 is 5.10. The summed E-state index contributed by atoms with van der Waals surface area (Å²) in [7, 11) is 0. The molecule has 1 aromatic rings. The molecule has 1 aromatic heterocycles. The number of esters is 1. The average molecular weight is 361 g/mol. The number of ether oxygens (including phenoxy) is 1. The lowest BCUT2D eigenvalue weighted by Gasteiger charge is -2.27. The molecule has 0 amide bonds. The van der Waals surface area contributed by atoms with E-state index >= 15 is 0 Å². The summed E-state index contributed by atoms with van der Waals surface area (Å²) in [4.78, 5) is 16.3. The number of thioether (sulfide) groups is 1. The molecule has 0 saturated heterocycles. The summed E-state index contributed by atoms with van der Waals surface area (Å²) in [5.41, 5.74) is -0.640. The van der Waals surface area contributed by atoms with Crippen molar-refractivity contribution in [1.29, 1.82) is 0 Å². The van der Waals surface area contributed by atoms with Gasteiger partial charge in [-0.25, -0.2) is 4.98 Å². The molecule has 0 aromatic carbocycles. The summed E-state index contributed by atoms with van der Waals surface area (Å²) in [6, 6.07) is 3.85. The number of nitrogens with zero attached hydrogens (tertiary/aromatic N) is 1. The van der Waals surface area contributed by atoms with Gasteiger partial charge in [-0.1, -0.05) is 6.92 Å². The van der Waals surface area contributed by atoms with Gasteiger partial charge in [-0.15, -0.1) is 11.8 Å². The Morgan fingerprint density at radius 3 is 2.90 bits per heavy atom. The van der Waals surface area contributed by atoms with Crippen molar-refractivity contribution in [3.05, 3.63) is 22.8 Å². The molecule has 1 N–H and O–H groups in total. The van der Waals surface area contributed by atoms with Gasteiger partial charge in [0.05, 0.1) is 6.61 Å². The molecule has 6 heteroatoms. The molecule has 1 heterocycles. The number of hydrogen-bond acceptors (Lipinski definition) is 5. The van der Waals surface area contributed by atoms with Crippen LogP contribution in [0.5, 0.6) is 0 Å². The number of pyridine rings is 1. The molecule has 20 heavy (non-hydrogen) atoms. The van der Waals surface area contributed by atoms with E-state index in [1.54, 1.807) is 18.0 Å². The van der Waals surface area contributed by atoms with Crippen LogP contribution in [0.15, 0.2) is 27.8 Å². The highest BCUT2D eigenvalue weighted by Gasteiger charge is 2.33. The van der Waals surface area contributed by atoms with Crippen LogP contribution in [-0.4, -0.2) is 35.4 Å². The fourth-order valence-corrected chi connectivity index (χ4v) is 3.42. The van der Waals surface area contributed by atoms with Crippen molar-refractivity contribution in [2.24, 2.45) is 0 Å². The summed E-state index contributed by atoms with van der Waals surface area (Å²) < 4.78 is 6.13. The highest BCUT2D eigenvalue weighted by molar-refractivity contribution is 9.10. The van der Waals surface area contributed by atoms with Gasteiger partial charge in [0.15, 0.2) is 0 Å². The van der Waals surface area contributed by atoms with Crippen LogP contribution in [0.3, 0.4) is 0 Å². The van der Waals surface area contributed by atoms with Crippen LogP contribution in [0.1, 0.15) is 27.2 Å². The van der Waals surface area contributed by atoms with Crippen molar-refractivity contribution >= 4 is 33.7 Å². The monoisotopic (exact) mass is 360 g/mol. The van der Waals surface area contributed by atoms with Crippen LogP contribution in [0.4, 0.5) is 0 Å². The van der Waals surface area contributed by atoms with Crippen molar-refractivity contribution < 1.29 is 9.53 Å². The van der Waals surface area contributed by atoms with Crippen LogP contribution in [0, 0.1) is 0 Å². The van der Waals surface area contributed by atoms with Gasteiger partial charge in [0.1, 0.15) is 10.6 Å². The first-order valence-electron chi connectivity index (χ1n) is 6.69. The van der Waals surface area contributed by atoms with E-state index < -0.39 is 5.54 Å². The molecule has 4 nitrogen and oxygen atoms in total. The molecule has 0 bridgehead atoms. The number of carbonyl (C=O) groups excluding carboxylic acids is 1. The summed E-state index contributed by atoms with van der Waals surface area (Å²) in [6.07, 6.45) is 2.45. The van der Waals surface area contributed by atoms with Gasteiger partial charge in [-0.3, -0.25) is 4.79 Å². The van der Waals surface area contributed by atoms with E-state index in [0.717, 1.165) is 21.8 Å². The van der Waals surface area contributed by atoms with Gasteiger partial charge in [-0.2, -0.15) is 0 Å². The van der Waals surface area contributed by atoms with E-state index in [0.29, 0.717) is 13.0 Å². The third-order valence-corrected chi connectivity index (χ3v) is 4.77. The number of rotatable bonds is 8. The smallest absolute Gasteiger partial charge is 0.326 e. The second kappa shape index (κ2) is 8.64. The Hall–Kier alpha value is -0.590. The van der Waals surface area contributed by atoms with Crippen LogP contribution in [0.25, 0.3) is 0 Å². The minimum absolute atomic E-state index is 0.192. The minimum atomic E-state index is -0.640. The molecular formula is C14H21BrN2O2S. The van der Waals surface area contributed by atoms with Gasteiger partial charge in [0, 0.05) is 16.4 Å². The van der Waals surface area contributed by atoms with E-state index in [-0.39, 0.29) is 5.97 Å². The van der Waals surface area contributed by atoms with E-state index in [1.807, 2.05) is 32.9 Å². The number of carbonyl (C=O) groups is 1. The standard InChI is InChI=1S/C14H21BrN2O2S/c1-4-17-14(3,13(18)19-5-2)8-10-20-12-11(15)7-6-9-16-12/h6-7,9,17H,4-5,8,10H2,1-3H3. The molecule has 0 aliphatic rings. The molecular weight excluding hydrogens is 340 g/mol. The molecule has 0 radical (unpaired) electrons. The molecule has 1 atom stereocenters. The fourth-order valence-electron chi connectivity index (χ4n) is 1.77. The maximum Gasteiger partial charge on any atom is 0.326 e. The van der Waals surface area contributed by atoms with Gasteiger partial charge < -0.3 is 10.1 Å². The van der Waals surface area contributed by atoms with Crippen molar-refractivity contribution in [3.8, 4) is 0 Å². The lowest BCUT2D eigenvalue weighted by atomic mass is 9.99. The molecule has 112 valence electrons. The molecule has 0 fully saturated rings. The third kappa shape index (κ3) is 5.07. The topological polar surface area (TPSA) is 51.2 Å². The van der Waals surface area contributed by atoms with E-state index in [4.69, 9.17) is 4.74 Å². The number of nitrogens with one attached hydrogen (secondary N) is 1. The average Bonchev–Trinajstić information content (AvgIpc) is 2.41. The summed E-state index contributed by atoms with van der Waals surface area (Å²) in [5.74, 6) is 0.598. The first-order chi connectivity index (χ1) is 9.53. The Morgan fingerprint density at radius 1 is 1.55 bits per heavy atom. The zero-order valence-electron chi connectivity index (χ0n) is 12.1. The van der Waals surface area contributed by atoms with E-state index in [2.05, 4.69) is 26.2 Å². The Bertz CT molecular complexity index is 445. The number of halogens is 1. The number of hydrogen-bond donors (Lipinski definition) is 1. The number of aromatic nitrogens is 1. The first kappa shape index (κ1) is 17.5. The molecule has 0 spiro atoms. The lowest BCUT2D eigenvalue weighted by molar-refractivity contribution is -0.150. The van der Waals surface area contributed by atoms with E-state index in [1.165, 1.54) is 0 Å². The fraction of sp³-hybridized carbons (Fsp3) is 0.571. The minimum Gasteiger partial charge on any atom is -0.465 e. The maximum atomic E-state index is 12.0. The predicted octanol–water partition coefficient (Wildman–Crippen LogP) is 3.26. The second-order valence-electron chi connectivity index (χ2n) is 4.47. The Labute approximate surface area is 133 Å². The summed E-state index contributed by atoms with van der Waals surface area (Å²) in [5, 5.41) is 4.16. The quantitative estimate of drug-likeness (QED) is 0.569. The summed E-state index contributed by atoms with van der Waals surface area (Å²) in [6.45, 7) is 6.83. The van der Waals surface area contributed by atoms with Gasteiger partial charge in [0.25, 0.3) is 0 Å². The molecule has 1 unspecified atom stereocenters. The van der Waals surface area contributed by atoms with Crippen molar-refractivity contribution in [2.45, 2.75) is 37.8 Å². The Balaban J connectivity index is 2.59. The van der Waals surface area contributed by atoms with Crippen molar-refractivity contribution in [2.75, 3.05) is 18.9 Å². The maximum absolute atomic E-state index is 12.0. The van der Waals surface area contributed by atoms with Crippen LogP contribution >= 0.6 is 27.7 Å². The van der Waals surface area contributed by atoms with Gasteiger partial charge in [-0.05, 0) is 54.9 Å². The largest absolute Gasteiger partial charge is 0.465 e. The highest BCUT2D eigenvalue weighted by atomic mass is 79.9. The third-order valence-electron chi connectivity index (χ3n) is 2.86. The first-order valence-corrected chi connectivity index (χ1v) is 8.47. The van der Waals surface area contributed by atoms with Gasteiger partial charge in [0.2, 0.25) is 0 Å². The van der Waals surface area contributed by atoms with Gasteiger partial charge >= 0.3 is 5.97 Å². The molecule has 0 aliphatic carbocycles. The molecule has 1 rings (SSSR count). The van der Waals surface area contributed by atoms with Crippen LogP contribution < -0.4 is 5.32 Å². The lowest BCUT2D eigenvalue weighted by Crippen LogP contribution is -2.50. The SMILES string of the molecule is CCNC(C)(CCSc1ncccc1Br)C(=O)OCC. The predicted molar refractivity (Wildman–Crippen MR) is 86.0 cm³/mol. The van der Waals surface area contributed by atoms with Crippen molar-refractivity contribution in [3.63, 3.8) is 0 Å². The van der Waals surface area contributed by atoms with Crippen LogP contribution in [0.2, 0.25) is 0 Å². The molecule has 0 aliphatic heterocycles. The zero-order valence-corrected chi connectivity index (χ0v) is 14.5. The Kier molecular flexibility index (Phi) is 7.55. The van der Waals surface area contributed by atoms with Crippen molar-refractivity contribution in [1.82, 2.24) is 10.3 Å². The second-order valence-corrected chi connectivity index (χ2v) is 6.41. The number of likely N-dealkylation sites (N-methyl/N-ethyl adjacent to an activating group) is 1. The normalized spacial score (nSPS) is 13.8. The highest BCUT2D eigenvalue weighted by Crippen LogP contribution is 2.27. The van der Waals surface area contributed by atoms with E-state index in [9.17, 15) is 4.79 Å². The zero-order chi connectivity index (χ0) is 15.0. The van der Waals surface area contributed by atoms with Crippen LogP contribution in [-0.2, 0) is 9.53 Å². The molecule has 0 saturated carbocycles. The Morgan fingerprint density at radius 2 is 2.30 bits per heavy atom.